The lowest BCUT2D eigenvalue weighted by Crippen LogP contribution is -2.56. The Kier molecular flexibility index (Phi) is 6.57. The van der Waals surface area contributed by atoms with E-state index in [4.69, 9.17) is 3.29 Å². The zero-order chi connectivity index (χ0) is 24.5. The minimum Gasteiger partial charge on any atom is -0.240 e. The SMILES string of the molecule is O=S(O)(=[O+]S(c1ccccc1)(c1ccccc1)c1ccccc1)C(F)(F)C(F)(F)C(F)(F)F. The van der Waals surface area contributed by atoms with Crippen LogP contribution in [0.1, 0.15) is 0 Å². The summed E-state index contributed by atoms with van der Waals surface area (Å²) >= 11 is 0. The molecular formula is C21H16F7O3S2+. The molecule has 0 heterocycles. The zero-order valence-corrected chi connectivity index (χ0v) is 18.0. The van der Waals surface area contributed by atoms with Crippen molar-refractivity contribution in [3.63, 3.8) is 0 Å². The van der Waals surface area contributed by atoms with Gasteiger partial charge in [0.2, 0.25) is 0 Å². The summed E-state index contributed by atoms with van der Waals surface area (Å²) in [5, 5.41) is -6.51. The van der Waals surface area contributed by atoms with Crippen molar-refractivity contribution in [2.45, 2.75) is 32.0 Å². The van der Waals surface area contributed by atoms with Crippen LogP contribution in [-0.2, 0) is 13.4 Å². The summed E-state index contributed by atoms with van der Waals surface area (Å²) < 4.78 is 122. The summed E-state index contributed by atoms with van der Waals surface area (Å²) in [6, 6.07) is 21.3. The molecule has 0 radical (unpaired) electrons. The van der Waals surface area contributed by atoms with Gasteiger partial charge in [-0.25, -0.2) is 4.55 Å². The highest BCUT2D eigenvalue weighted by Gasteiger charge is 2.82. The van der Waals surface area contributed by atoms with E-state index in [1.165, 1.54) is 91.0 Å². The van der Waals surface area contributed by atoms with Crippen molar-refractivity contribution in [3.8, 4) is 0 Å². The lowest BCUT2D eigenvalue weighted by atomic mass is 10.3. The number of rotatable bonds is 6. The molecular weight excluding hydrogens is 497 g/mol. The molecule has 1 unspecified atom stereocenters. The maximum Gasteiger partial charge on any atom is 0.497 e. The van der Waals surface area contributed by atoms with Gasteiger partial charge in [0, 0.05) is 0 Å². The van der Waals surface area contributed by atoms with Crippen LogP contribution in [0.2, 0.25) is 0 Å². The van der Waals surface area contributed by atoms with E-state index < -0.39 is 37.8 Å². The van der Waals surface area contributed by atoms with E-state index in [-0.39, 0.29) is 14.7 Å². The second-order valence-electron chi connectivity index (χ2n) is 6.63. The second kappa shape index (κ2) is 8.65. The second-order valence-corrected chi connectivity index (χ2v) is 11.2. The van der Waals surface area contributed by atoms with Gasteiger partial charge in [0.1, 0.15) is 0 Å². The monoisotopic (exact) mass is 513 g/mol. The van der Waals surface area contributed by atoms with Crippen molar-refractivity contribution < 1.29 is 42.8 Å². The van der Waals surface area contributed by atoms with E-state index in [0.717, 1.165) is 0 Å². The minimum absolute atomic E-state index is 0.0234. The van der Waals surface area contributed by atoms with Gasteiger partial charge in [-0.15, -0.1) is 7.49 Å². The average molecular weight is 513 g/mol. The molecule has 3 aromatic rings. The highest BCUT2D eigenvalue weighted by molar-refractivity contribution is 8.30. The molecule has 33 heavy (non-hydrogen) atoms. The third kappa shape index (κ3) is 4.22. The average Bonchev–Trinajstić information content (AvgIpc) is 2.78. The van der Waals surface area contributed by atoms with Gasteiger partial charge in [0.15, 0.2) is 10.3 Å². The van der Waals surface area contributed by atoms with Crippen LogP contribution in [0.25, 0.3) is 0 Å². The predicted molar refractivity (Wildman–Crippen MR) is 109 cm³/mol. The maximum atomic E-state index is 14.4. The highest BCUT2D eigenvalue weighted by Crippen LogP contribution is 2.68. The topological polar surface area (TPSA) is 48.6 Å². The minimum atomic E-state index is -6.85. The lowest BCUT2D eigenvalue weighted by molar-refractivity contribution is -0.333. The maximum absolute atomic E-state index is 14.4. The van der Waals surface area contributed by atoms with Crippen LogP contribution >= 0.6 is 10.3 Å². The Hall–Kier alpha value is -2.57. The third-order valence-corrected chi connectivity index (χ3v) is 9.73. The molecule has 3 rings (SSSR count). The van der Waals surface area contributed by atoms with Crippen molar-refractivity contribution >= 4 is 20.4 Å². The molecule has 0 amide bonds. The predicted octanol–water partition coefficient (Wildman–Crippen LogP) is 7.31. The first-order chi connectivity index (χ1) is 15.3. The molecule has 0 fully saturated rings. The summed E-state index contributed by atoms with van der Waals surface area (Å²) in [6.45, 7) is 0. The third-order valence-electron chi connectivity index (χ3n) is 4.47. The molecule has 3 aromatic carbocycles. The van der Waals surface area contributed by atoms with Gasteiger partial charge in [0.25, 0.3) is 0 Å². The molecule has 178 valence electrons. The highest BCUT2D eigenvalue weighted by atomic mass is 32.3. The first kappa shape index (κ1) is 25.1. The van der Waals surface area contributed by atoms with Crippen LogP contribution in [0, 0.1) is 0 Å². The molecule has 0 aliphatic heterocycles. The van der Waals surface area contributed by atoms with Crippen molar-refractivity contribution in [2.24, 2.45) is 0 Å². The molecule has 0 spiro atoms. The number of benzene rings is 3. The van der Waals surface area contributed by atoms with E-state index in [9.17, 15) is 39.5 Å². The van der Waals surface area contributed by atoms with Crippen LogP contribution in [-0.4, -0.2) is 26.1 Å². The number of hydrogen-bond acceptors (Lipinski definition) is 1. The van der Waals surface area contributed by atoms with Gasteiger partial charge in [-0.3, -0.25) is 0 Å². The molecule has 0 aromatic heterocycles. The van der Waals surface area contributed by atoms with Gasteiger partial charge in [-0.2, -0.15) is 30.7 Å². The lowest BCUT2D eigenvalue weighted by Gasteiger charge is -2.28. The van der Waals surface area contributed by atoms with Gasteiger partial charge < -0.3 is 0 Å². The number of halogens is 7. The first-order valence-electron chi connectivity index (χ1n) is 9.05. The fourth-order valence-corrected chi connectivity index (χ4v) is 8.14. The molecule has 3 nitrogen and oxygen atoms in total. The van der Waals surface area contributed by atoms with Crippen LogP contribution in [0.3, 0.4) is 0 Å². The Morgan fingerprint density at radius 3 is 1.18 bits per heavy atom. The van der Waals surface area contributed by atoms with Crippen molar-refractivity contribution in [1.29, 1.82) is 0 Å². The molecule has 0 aliphatic rings. The summed E-state index contributed by atoms with van der Waals surface area (Å²) in [5.74, 6) is -6.85. The summed E-state index contributed by atoms with van der Waals surface area (Å²) in [7, 11) is -10.3. The van der Waals surface area contributed by atoms with Crippen LogP contribution in [0.4, 0.5) is 30.7 Å². The van der Waals surface area contributed by atoms with E-state index in [2.05, 4.69) is 0 Å². The molecule has 0 saturated heterocycles. The molecule has 1 N–H and O–H groups in total. The van der Waals surface area contributed by atoms with Crippen molar-refractivity contribution in [1.82, 2.24) is 0 Å². The standard InChI is InChI=1S/C21H15F7O3S2/c22-19(23,20(24,25)26)21(27,28)33(29,30)31-32(16-10-4-1-5-11-16,17-12-6-2-7-13-17)18-14-8-3-9-15-18/h1-15H/p+1. The molecule has 0 saturated carbocycles. The molecule has 1 atom stereocenters. The van der Waals surface area contributed by atoms with E-state index >= 15 is 0 Å². The van der Waals surface area contributed by atoms with Crippen molar-refractivity contribution in [3.05, 3.63) is 91.0 Å². The normalized spacial score (nSPS) is 15.5. The van der Waals surface area contributed by atoms with Gasteiger partial charge in [-0.05, 0) is 36.4 Å². The summed E-state index contributed by atoms with van der Waals surface area (Å²) in [4.78, 5) is 0.0703. The van der Waals surface area contributed by atoms with Gasteiger partial charge in [-0.1, -0.05) is 54.6 Å². The Labute approximate surface area is 186 Å². The van der Waals surface area contributed by atoms with Crippen molar-refractivity contribution in [2.75, 3.05) is 0 Å². The first-order valence-corrected chi connectivity index (χ1v) is 12.1. The Balaban J connectivity index is 2.48. The van der Waals surface area contributed by atoms with E-state index in [0.29, 0.717) is 0 Å². The zero-order valence-electron chi connectivity index (χ0n) is 16.4. The number of alkyl halides is 7. The fourth-order valence-electron chi connectivity index (χ4n) is 2.87. The van der Waals surface area contributed by atoms with Crippen LogP contribution in [0.5, 0.6) is 0 Å². The quantitative estimate of drug-likeness (QED) is 0.213. The Morgan fingerprint density at radius 2 is 0.909 bits per heavy atom. The van der Waals surface area contributed by atoms with Crippen LogP contribution < -0.4 is 0 Å². The molecule has 0 bridgehead atoms. The van der Waals surface area contributed by atoms with E-state index in [1.54, 1.807) is 0 Å². The van der Waals surface area contributed by atoms with Gasteiger partial charge >= 0.3 is 27.5 Å². The smallest absolute Gasteiger partial charge is 0.240 e. The van der Waals surface area contributed by atoms with Crippen LogP contribution in [0.15, 0.2) is 106 Å². The Morgan fingerprint density at radius 1 is 0.606 bits per heavy atom. The summed E-state index contributed by atoms with van der Waals surface area (Å²) in [5.41, 5.74) is 0. The number of hydrogen-bond donors (Lipinski definition) is 1. The summed E-state index contributed by atoms with van der Waals surface area (Å²) in [6.07, 6.45) is -6.81. The molecule has 0 aliphatic carbocycles. The molecule has 12 heteroatoms. The van der Waals surface area contributed by atoms with Gasteiger partial charge in [0.05, 0.1) is 14.7 Å². The van der Waals surface area contributed by atoms with E-state index in [1.807, 2.05) is 0 Å². The fraction of sp³-hybridized carbons (Fsp3) is 0.143. The largest absolute Gasteiger partial charge is 0.497 e. The Bertz CT molecular complexity index is 1110.